The summed E-state index contributed by atoms with van der Waals surface area (Å²) in [6, 6.07) is 6.13. The lowest BCUT2D eigenvalue weighted by Crippen LogP contribution is -2.33. The lowest BCUT2D eigenvalue weighted by atomic mass is 10.0. The molecule has 0 bridgehead atoms. The van der Waals surface area contributed by atoms with Crippen molar-refractivity contribution in [2.75, 3.05) is 6.61 Å². The van der Waals surface area contributed by atoms with Gasteiger partial charge in [-0.3, -0.25) is 0 Å². The normalized spacial score (nSPS) is 14.8. The largest absolute Gasteiger partial charge is 0.396 e. The Morgan fingerprint density at radius 1 is 1.44 bits per heavy atom. The van der Waals surface area contributed by atoms with Gasteiger partial charge in [0.2, 0.25) is 0 Å². The molecule has 0 radical (unpaired) electrons. The molecule has 0 aliphatic carbocycles. The van der Waals surface area contributed by atoms with E-state index >= 15 is 0 Å². The number of hydrogen-bond donors (Lipinski definition) is 2. The first kappa shape index (κ1) is 14.0. The van der Waals surface area contributed by atoms with Crippen molar-refractivity contribution in [3.05, 3.63) is 33.3 Å². The highest BCUT2D eigenvalue weighted by molar-refractivity contribution is 9.10. The van der Waals surface area contributed by atoms with E-state index in [1.165, 1.54) is 0 Å². The molecule has 0 saturated carbocycles. The zero-order chi connectivity index (χ0) is 12.1. The Hall–Kier alpha value is -0.0900. The molecular formula is C12H17BrClNO. The molecule has 16 heavy (non-hydrogen) atoms. The maximum absolute atomic E-state index is 9.02. The minimum absolute atomic E-state index is 0.197. The molecule has 0 spiro atoms. The number of aliphatic hydroxyl groups is 1. The smallest absolute Gasteiger partial charge is 0.0471 e. The number of nitrogens with one attached hydrogen (secondary N) is 1. The quantitative estimate of drug-likeness (QED) is 0.875. The van der Waals surface area contributed by atoms with Gasteiger partial charge in [-0.25, -0.2) is 0 Å². The molecule has 4 heteroatoms. The summed E-state index contributed by atoms with van der Waals surface area (Å²) in [5.74, 6) is 0.245. The van der Waals surface area contributed by atoms with E-state index in [2.05, 4.69) is 28.2 Å². The minimum Gasteiger partial charge on any atom is -0.396 e. The molecule has 90 valence electrons. The van der Waals surface area contributed by atoms with E-state index in [0.29, 0.717) is 0 Å². The Morgan fingerprint density at radius 2 is 2.12 bits per heavy atom. The van der Waals surface area contributed by atoms with Crippen LogP contribution in [0.2, 0.25) is 5.02 Å². The van der Waals surface area contributed by atoms with Crippen molar-refractivity contribution in [3.8, 4) is 0 Å². The molecule has 2 unspecified atom stereocenters. The van der Waals surface area contributed by atoms with Crippen LogP contribution in [0.1, 0.15) is 19.4 Å². The molecule has 0 aliphatic heterocycles. The van der Waals surface area contributed by atoms with Gasteiger partial charge in [0.1, 0.15) is 0 Å². The van der Waals surface area contributed by atoms with E-state index in [4.69, 9.17) is 16.7 Å². The third-order valence-electron chi connectivity index (χ3n) is 2.77. The second-order valence-electron chi connectivity index (χ2n) is 4.07. The summed E-state index contributed by atoms with van der Waals surface area (Å²) in [4.78, 5) is 0. The van der Waals surface area contributed by atoms with Crippen LogP contribution in [0.15, 0.2) is 22.7 Å². The molecule has 0 aromatic heterocycles. The molecular weight excluding hydrogens is 289 g/mol. The van der Waals surface area contributed by atoms with Gasteiger partial charge in [-0.05, 0) is 30.5 Å². The summed E-state index contributed by atoms with van der Waals surface area (Å²) >= 11 is 9.48. The van der Waals surface area contributed by atoms with Crippen LogP contribution >= 0.6 is 27.5 Å². The lowest BCUT2D eigenvalue weighted by Gasteiger charge is -2.19. The van der Waals surface area contributed by atoms with Crippen LogP contribution in [0.25, 0.3) is 0 Å². The second-order valence-corrected chi connectivity index (χ2v) is 5.39. The Bertz CT molecular complexity index is 346. The summed E-state index contributed by atoms with van der Waals surface area (Å²) in [5.41, 5.74) is 1.07. The Balaban J connectivity index is 2.54. The van der Waals surface area contributed by atoms with Crippen LogP contribution in [-0.2, 0) is 6.54 Å². The Labute approximate surface area is 110 Å². The molecule has 0 saturated heterocycles. The number of halogens is 2. The van der Waals surface area contributed by atoms with Crippen molar-refractivity contribution >= 4 is 27.5 Å². The molecule has 2 atom stereocenters. The van der Waals surface area contributed by atoms with Crippen LogP contribution in [0, 0.1) is 5.92 Å². The maximum Gasteiger partial charge on any atom is 0.0471 e. The summed E-state index contributed by atoms with van der Waals surface area (Å²) < 4.78 is 0.984. The van der Waals surface area contributed by atoms with Gasteiger partial charge in [0.15, 0.2) is 0 Å². The molecule has 2 N–H and O–H groups in total. The average Bonchev–Trinajstić information content (AvgIpc) is 2.26. The highest BCUT2D eigenvalue weighted by atomic mass is 79.9. The molecule has 1 rings (SSSR count). The van der Waals surface area contributed by atoms with E-state index in [-0.39, 0.29) is 18.6 Å². The fourth-order valence-electron chi connectivity index (χ4n) is 1.30. The molecule has 0 fully saturated rings. The summed E-state index contributed by atoms with van der Waals surface area (Å²) in [6.07, 6.45) is 0. The number of benzene rings is 1. The fourth-order valence-corrected chi connectivity index (χ4v) is 2.04. The van der Waals surface area contributed by atoms with Gasteiger partial charge in [-0.1, -0.05) is 40.5 Å². The first-order chi connectivity index (χ1) is 7.54. The first-order valence-electron chi connectivity index (χ1n) is 5.32. The van der Waals surface area contributed by atoms with E-state index < -0.39 is 0 Å². The second kappa shape index (κ2) is 6.60. The van der Waals surface area contributed by atoms with Gasteiger partial charge in [0.25, 0.3) is 0 Å². The van der Waals surface area contributed by atoms with Crippen LogP contribution in [0.4, 0.5) is 0 Å². The molecule has 1 aromatic rings. The van der Waals surface area contributed by atoms with Crippen LogP contribution in [0.3, 0.4) is 0 Å². The summed E-state index contributed by atoms with van der Waals surface area (Å²) in [6.45, 7) is 4.99. The molecule has 1 aromatic carbocycles. The van der Waals surface area contributed by atoms with Crippen LogP contribution in [0.5, 0.6) is 0 Å². The van der Waals surface area contributed by atoms with Gasteiger partial charge in [0.05, 0.1) is 0 Å². The topological polar surface area (TPSA) is 32.3 Å². The van der Waals surface area contributed by atoms with E-state index in [1.54, 1.807) is 0 Å². The minimum atomic E-state index is 0.197. The van der Waals surface area contributed by atoms with E-state index in [0.717, 1.165) is 21.6 Å². The van der Waals surface area contributed by atoms with Crippen molar-refractivity contribution in [1.82, 2.24) is 5.32 Å². The van der Waals surface area contributed by atoms with Crippen molar-refractivity contribution in [3.63, 3.8) is 0 Å². The molecule has 0 amide bonds. The number of hydrogen-bond acceptors (Lipinski definition) is 2. The summed E-state index contributed by atoms with van der Waals surface area (Å²) in [5, 5.41) is 13.1. The SMILES string of the molecule is CC(CO)C(C)NCc1ccc(Br)cc1Cl. The maximum atomic E-state index is 9.02. The van der Waals surface area contributed by atoms with Gasteiger partial charge in [-0.2, -0.15) is 0 Å². The van der Waals surface area contributed by atoms with Crippen LogP contribution in [-0.4, -0.2) is 17.8 Å². The van der Waals surface area contributed by atoms with Crippen molar-refractivity contribution in [1.29, 1.82) is 0 Å². The van der Waals surface area contributed by atoms with Crippen molar-refractivity contribution in [2.45, 2.75) is 26.4 Å². The standard InChI is InChI=1S/C12H17BrClNO/c1-8(7-16)9(2)15-6-10-3-4-11(13)5-12(10)14/h3-5,8-9,15-16H,6-7H2,1-2H3. The van der Waals surface area contributed by atoms with Gasteiger partial charge in [0, 0.05) is 28.7 Å². The number of rotatable bonds is 5. The van der Waals surface area contributed by atoms with E-state index in [1.807, 2.05) is 25.1 Å². The summed E-state index contributed by atoms with van der Waals surface area (Å²) in [7, 11) is 0. The third-order valence-corrected chi connectivity index (χ3v) is 3.62. The third kappa shape index (κ3) is 4.06. The monoisotopic (exact) mass is 305 g/mol. The van der Waals surface area contributed by atoms with E-state index in [9.17, 15) is 0 Å². The molecule has 0 aliphatic rings. The van der Waals surface area contributed by atoms with Gasteiger partial charge >= 0.3 is 0 Å². The molecule has 0 heterocycles. The first-order valence-corrected chi connectivity index (χ1v) is 6.50. The fraction of sp³-hybridized carbons (Fsp3) is 0.500. The highest BCUT2D eigenvalue weighted by Gasteiger charge is 2.10. The van der Waals surface area contributed by atoms with Crippen molar-refractivity contribution < 1.29 is 5.11 Å². The Morgan fingerprint density at radius 3 is 2.69 bits per heavy atom. The lowest BCUT2D eigenvalue weighted by molar-refractivity contribution is 0.207. The van der Waals surface area contributed by atoms with Gasteiger partial charge < -0.3 is 10.4 Å². The zero-order valence-corrected chi connectivity index (χ0v) is 11.8. The molecule has 2 nitrogen and oxygen atoms in total. The van der Waals surface area contributed by atoms with Crippen LogP contribution < -0.4 is 5.32 Å². The number of aliphatic hydroxyl groups excluding tert-OH is 1. The zero-order valence-electron chi connectivity index (χ0n) is 9.50. The van der Waals surface area contributed by atoms with Crippen molar-refractivity contribution in [2.24, 2.45) is 5.92 Å². The highest BCUT2D eigenvalue weighted by Crippen LogP contribution is 2.21. The van der Waals surface area contributed by atoms with Gasteiger partial charge in [-0.15, -0.1) is 0 Å². The Kier molecular flexibility index (Phi) is 5.76. The average molecular weight is 307 g/mol. The predicted molar refractivity (Wildman–Crippen MR) is 71.7 cm³/mol. The predicted octanol–water partition coefficient (Wildman–Crippen LogP) is 3.21.